The molecule has 1 atom stereocenters. The van der Waals surface area contributed by atoms with Gasteiger partial charge < -0.3 is 5.11 Å². The Balaban J connectivity index is 3.90. The third kappa shape index (κ3) is 4.46. The van der Waals surface area contributed by atoms with Gasteiger partial charge in [-0.3, -0.25) is 9.00 Å². The van der Waals surface area contributed by atoms with E-state index < -0.39 is 21.5 Å². The average Bonchev–Trinajstić information content (AvgIpc) is 2.11. The average molecular weight is 238 g/mol. The number of thioether (sulfide) groups is 1. The SMILES string of the molecule is CCSCCCS(=O)C(C)(C)C(=O)O. The molecule has 0 aromatic heterocycles. The number of hydrogen-bond donors (Lipinski definition) is 1. The van der Waals surface area contributed by atoms with Crippen LogP contribution in [0.5, 0.6) is 0 Å². The van der Waals surface area contributed by atoms with E-state index in [1.165, 1.54) is 13.8 Å². The van der Waals surface area contributed by atoms with Crippen molar-refractivity contribution < 1.29 is 14.1 Å². The molecule has 1 unspecified atom stereocenters. The molecule has 0 aromatic carbocycles. The van der Waals surface area contributed by atoms with Crippen molar-refractivity contribution in [3.05, 3.63) is 0 Å². The predicted molar refractivity (Wildman–Crippen MR) is 62.3 cm³/mol. The van der Waals surface area contributed by atoms with Gasteiger partial charge in [0.1, 0.15) is 4.75 Å². The highest BCUT2D eigenvalue weighted by atomic mass is 32.2. The van der Waals surface area contributed by atoms with Gasteiger partial charge in [-0.15, -0.1) is 0 Å². The lowest BCUT2D eigenvalue weighted by atomic mass is 10.2. The number of carboxylic acid groups (broad SMARTS) is 1. The maximum Gasteiger partial charge on any atom is 0.321 e. The Morgan fingerprint density at radius 2 is 2.07 bits per heavy atom. The molecule has 0 saturated carbocycles. The Labute approximate surface area is 92.1 Å². The van der Waals surface area contributed by atoms with Crippen LogP contribution in [-0.2, 0) is 15.6 Å². The van der Waals surface area contributed by atoms with Gasteiger partial charge in [-0.2, -0.15) is 11.8 Å². The molecule has 3 nitrogen and oxygen atoms in total. The van der Waals surface area contributed by atoms with E-state index in [0.717, 1.165) is 17.9 Å². The fourth-order valence-electron chi connectivity index (χ4n) is 0.789. The van der Waals surface area contributed by atoms with Crippen LogP contribution in [0.3, 0.4) is 0 Å². The second-order valence-corrected chi connectivity index (χ2v) is 6.93. The highest BCUT2D eigenvalue weighted by molar-refractivity contribution is 7.99. The first kappa shape index (κ1) is 14.0. The van der Waals surface area contributed by atoms with Crippen LogP contribution >= 0.6 is 11.8 Å². The summed E-state index contributed by atoms with van der Waals surface area (Å²) in [6, 6.07) is 0. The minimum Gasteiger partial charge on any atom is -0.480 e. The third-order valence-electron chi connectivity index (χ3n) is 1.91. The van der Waals surface area contributed by atoms with Crippen molar-refractivity contribution in [3.8, 4) is 0 Å². The lowest BCUT2D eigenvalue weighted by Crippen LogP contribution is -2.37. The van der Waals surface area contributed by atoms with Crippen molar-refractivity contribution in [1.29, 1.82) is 0 Å². The van der Waals surface area contributed by atoms with Gasteiger partial charge in [0.2, 0.25) is 0 Å². The maximum atomic E-state index is 11.6. The summed E-state index contributed by atoms with van der Waals surface area (Å²) in [4.78, 5) is 10.8. The molecule has 0 bridgehead atoms. The van der Waals surface area contributed by atoms with E-state index in [-0.39, 0.29) is 0 Å². The van der Waals surface area contributed by atoms with E-state index in [2.05, 4.69) is 6.92 Å². The van der Waals surface area contributed by atoms with Crippen LogP contribution in [0.15, 0.2) is 0 Å². The molecule has 0 aromatic rings. The summed E-state index contributed by atoms with van der Waals surface area (Å²) in [5.74, 6) is 1.50. The molecular weight excluding hydrogens is 220 g/mol. The van der Waals surface area contributed by atoms with Crippen molar-refractivity contribution in [1.82, 2.24) is 0 Å². The minimum atomic E-state index is -1.28. The summed E-state index contributed by atoms with van der Waals surface area (Å²) in [7, 11) is -1.28. The Hall–Kier alpha value is -0.0300. The van der Waals surface area contributed by atoms with Gasteiger partial charge in [0.15, 0.2) is 0 Å². The zero-order valence-corrected chi connectivity index (χ0v) is 10.5. The highest BCUT2D eigenvalue weighted by Crippen LogP contribution is 2.15. The molecular formula is C9H18O3S2. The van der Waals surface area contributed by atoms with Gasteiger partial charge in [-0.05, 0) is 31.8 Å². The number of rotatable bonds is 7. The number of aliphatic carboxylic acids is 1. The summed E-state index contributed by atoms with van der Waals surface area (Å²) in [5, 5.41) is 8.82. The van der Waals surface area contributed by atoms with Crippen molar-refractivity contribution in [2.24, 2.45) is 0 Å². The zero-order chi connectivity index (χ0) is 11.2. The quantitative estimate of drug-likeness (QED) is 0.686. The summed E-state index contributed by atoms with van der Waals surface area (Å²) in [6.45, 7) is 5.10. The molecule has 0 saturated heterocycles. The van der Waals surface area contributed by atoms with Crippen LogP contribution in [0.4, 0.5) is 0 Å². The molecule has 14 heavy (non-hydrogen) atoms. The van der Waals surface area contributed by atoms with E-state index >= 15 is 0 Å². The zero-order valence-electron chi connectivity index (χ0n) is 8.91. The van der Waals surface area contributed by atoms with E-state index in [1.807, 2.05) is 0 Å². The Kier molecular flexibility index (Phi) is 6.44. The summed E-state index contributed by atoms with van der Waals surface area (Å²) < 4.78 is 10.5. The smallest absolute Gasteiger partial charge is 0.321 e. The third-order valence-corrected chi connectivity index (χ3v) is 4.86. The summed E-state index contributed by atoms with van der Waals surface area (Å²) in [5.41, 5.74) is 0. The van der Waals surface area contributed by atoms with Gasteiger partial charge in [0.25, 0.3) is 0 Å². The number of carbonyl (C=O) groups is 1. The first-order valence-electron chi connectivity index (χ1n) is 4.62. The molecule has 0 aliphatic heterocycles. The standard InChI is InChI=1S/C9H18O3S2/c1-4-13-6-5-7-14(12)9(2,3)8(10)11/h4-7H2,1-3H3,(H,10,11). The van der Waals surface area contributed by atoms with Gasteiger partial charge in [0.05, 0.1) is 0 Å². The molecule has 0 amide bonds. The van der Waals surface area contributed by atoms with E-state index in [1.54, 1.807) is 11.8 Å². The molecule has 0 aliphatic rings. The first-order valence-corrected chi connectivity index (χ1v) is 7.10. The second-order valence-electron chi connectivity index (χ2n) is 3.42. The Morgan fingerprint density at radius 1 is 1.50 bits per heavy atom. The van der Waals surface area contributed by atoms with Crippen LogP contribution in [-0.4, -0.2) is 37.3 Å². The summed E-state index contributed by atoms with van der Waals surface area (Å²) in [6.07, 6.45) is 0.821. The van der Waals surface area contributed by atoms with Crippen LogP contribution in [0.2, 0.25) is 0 Å². The summed E-state index contributed by atoms with van der Waals surface area (Å²) >= 11 is 1.79. The molecule has 5 heteroatoms. The maximum absolute atomic E-state index is 11.6. The largest absolute Gasteiger partial charge is 0.480 e. The lowest BCUT2D eigenvalue weighted by Gasteiger charge is -2.18. The topological polar surface area (TPSA) is 54.4 Å². The van der Waals surface area contributed by atoms with Gasteiger partial charge in [-0.25, -0.2) is 0 Å². The van der Waals surface area contributed by atoms with E-state index in [9.17, 15) is 9.00 Å². The molecule has 0 spiro atoms. The van der Waals surface area contributed by atoms with Crippen LogP contribution < -0.4 is 0 Å². The molecule has 1 N–H and O–H groups in total. The van der Waals surface area contributed by atoms with Gasteiger partial charge in [0, 0.05) is 16.6 Å². The molecule has 0 aliphatic carbocycles. The van der Waals surface area contributed by atoms with E-state index in [0.29, 0.717) is 5.75 Å². The molecule has 84 valence electrons. The predicted octanol–water partition coefficient (Wildman–Crippen LogP) is 1.74. The Bertz CT molecular complexity index is 214. The van der Waals surface area contributed by atoms with Crippen molar-refractivity contribution in [2.45, 2.75) is 31.9 Å². The van der Waals surface area contributed by atoms with Crippen LogP contribution in [0.1, 0.15) is 27.2 Å². The van der Waals surface area contributed by atoms with Crippen molar-refractivity contribution in [3.63, 3.8) is 0 Å². The number of hydrogen-bond acceptors (Lipinski definition) is 3. The van der Waals surface area contributed by atoms with E-state index in [4.69, 9.17) is 5.11 Å². The highest BCUT2D eigenvalue weighted by Gasteiger charge is 2.33. The van der Waals surface area contributed by atoms with Crippen LogP contribution in [0, 0.1) is 0 Å². The second kappa shape index (κ2) is 6.45. The van der Waals surface area contributed by atoms with Crippen molar-refractivity contribution in [2.75, 3.05) is 17.3 Å². The molecule has 0 radical (unpaired) electrons. The molecule has 0 heterocycles. The van der Waals surface area contributed by atoms with Crippen LogP contribution in [0.25, 0.3) is 0 Å². The molecule has 0 fully saturated rings. The number of carboxylic acids is 1. The van der Waals surface area contributed by atoms with Gasteiger partial charge in [-0.1, -0.05) is 6.92 Å². The monoisotopic (exact) mass is 238 g/mol. The van der Waals surface area contributed by atoms with Gasteiger partial charge >= 0.3 is 5.97 Å². The first-order chi connectivity index (χ1) is 6.42. The molecule has 0 rings (SSSR count). The van der Waals surface area contributed by atoms with Crippen molar-refractivity contribution >= 4 is 28.5 Å². The lowest BCUT2D eigenvalue weighted by molar-refractivity contribution is -0.139. The minimum absolute atomic E-state index is 0.478. The normalized spacial score (nSPS) is 13.9. The fourth-order valence-corrected chi connectivity index (χ4v) is 2.72. The fraction of sp³-hybridized carbons (Fsp3) is 0.889. The Morgan fingerprint density at radius 3 is 2.50 bits per heavy atom.